The van der Waals surface area contributed by atoms with Crippen LogP contribution < -0.4 is 11.3 Å². The minimum atomic E-state index is -0.305. The summed E-state index contributed by atoms with van der Waals surface area (Å²) in [4.78, 5) is 15.5. The molecular formula is C12H13BrN4O. The second-order valence-electron chi connectivity index (χ2n) is 3.88. The third-order valence-corrected chi connectivity index (χ3v) is 3.45. The first-order chi connectivity index (χ1) is 8.61. The third kappa shape index (κ3) is 2.60. The number of imidazole rings is 1. The average Bonchev–Trinajstić information content (AvgIpc) is 2.76. The summed E-state index contributed by atoms with van der Waals surface area (Å²) in [5.41, 5.74) is 3.71. The number of nitrogens with two attached hydrogens (primary N) is 1. The van der Waals surface area contributed by atoms with Gasteiger partial charge in [-0.1, -0.05) is 22.0 Å². The van der Waals surface area contributed by atoms with Crippen LogP contribution in [0.3, 0.4) is 0 Å². The van der Waals surface area contributed by atoms with Crippen LogP contribution in [-0.4, -0.2) is 15.5 Å². The van der Waals surface area contributed by atoms with E-state index in [1.807, 2.05) is 23.8 Å². The maximum absolute atomic E-state index is 11.4. The van der Waals surface area contributed by atoms with Crippen molar-refractivity contribution in [3.8, 4) is 0 Å². The Kier molecular flexibility index (Phi) is 3.78. The normalized spacial score (nSPS) is 10.4. The number of amides is 1. The first-order valence-corrected chi connectivity index (χ1v) is 6.18. The number of carbonyl (C=O) groups is 1. The summed E-state index contributed by atoms with van der Waals surface area (Å²) in [6, 6.07) is 5.40. The Labute approximate surface area is 113 Å². The Hall–Kier alpha value is -1.66. The summed E-state index contributed by atoms with van der Waals surface area (Å²) < 4.78 is 2.90. The van der Waals surface area contributed by atoms with E-state index in [9.17, 15) is 4.79 Å². The molecule has 6 heteroatoms. The van der Waals surface area contributed by atoms with Crippen molar-refractivity contribution in [3.63, 3.8) is 0 Å². The maximum atomic E-state index is 11.4. The summed E-state index contributed by atoms with van der Waals surface area (Å²) in [6.07, 6.45) is 3.68. The van der Waals surface area contributed by atoms with Crippen LogP contribution in [0.2, 0.25) is 0 Å². The molecule has 1 aromatic heterocycles. The number of nitrogens with one attached hydrogen (secondary N) is 1. The van der Waals surface area contributed by atoms with Gasteiger partial charge in [0.15, 0.2) is 0 Å². The molecule has 1 amide bonds. The molecule has 1 heterocycles. The van der Waals surface area contributed by atoms with Crippen molar-refractivity contribution >= 4 is 21.8 Å². The van der Waals surface area contributed by atoms with Gasteiger partial charge in [-0.05, 0) is 24.6 Å². The van der Waals surface area contributed by atoms with E-state index in [0.29, 0.717) is 12.1 Å². The fourth-order valence-electron chi connectivity index (χ4n) is 1.65. The number of benzene rings is 1. The van der Waals surface area contributed by atoms with Crippen LogP contribution in [0, 0.1) is 6.92 Å². The maximum Gasteiger partial charge on any atom is 0.265 e. The quantitative estimate of drug-likeness (QED) is 0.514. The Morgan fingerprint density at radius 3 is 2.89 bits per heavy atom. The number of aryl methyl sites for hydroxylation is 1. The van der Waals surface area contributed by atoms with Gasteiger partial charge >= 0.3 is 0 Å². The highest BCUT2D eigenvalue weighted by atomic mass is 79.9. The first-order valence-electron chi connectivity index (χ1n) is 5.39. The number of nitrogen functional groups attached to an aromatic ring is 1. The minimum Gasteiger partial charge on any atom is -0.331 e. The lowest BCUT2D eigenvalue weighted by molar-refractivity contribution is 0.0953. The van der Waals surface area contributed by atoms with Crippen LogP contribution in [0.4, 0.5) is 0 Å². The highest BCUT2D eigenvalue weighted by Crippen LogP contribution is 2.20. The van der Waals surface area contributed by atoms with E-state index in [0.717, 1.165) is 15.9 Å². The van der Waals surface area contributed by atoms with Crippen molar-refractivity contribution in [1.29, 1.82) is 0 Å². The highest BCUT2D eigenvalue weighted by Gasteiger charge is 2.08. The number of carbonyl (C=O) groups excluding carboxylic acids is 1. The van der Waals surface area contributed by atoms with Gasteiger partial charge in [-0.15, -0.1) is 0 Å². The molecule has 3 N–H and O–H groups in total. The second-order valence-corrected chi connectivity index (χ2v) is 4.74. The van der Waals surface area contributed by atoms with Gasteiger partial charge in [0.25, 0.3) is 5.91 Å². The second kappa shape index (κ2) is 5.32. The van der Waals surface area contributed by atoms with E-state index < -0.39 is 0 Å². The zero-order valence-electron chi connectivity index (χ0n) is 9.85. The van der Waals surface area contributed by atoms with E-state index in [1.54, 1.807) is 18.3 Å². The molecule has 5 nitrogen and oxygen atoms in total. The largest absolute Gasteiger partial charge is 0.331 e. The molecule has 2 rings (SSSR count). The monoisotopic (exact) mass is 308 g/mol. The van der Waals surface area contributed by atoms with Gasteiger partial charge in [0.2, 0.25) is 0 Å². The molecule has 0 bridgehead atoms. The molecule has 0 fully saturated rings. The third-order valence-electron chi connectivity index (χ3n) is 2.71. The average molecular weight is 309 g/mol. The Bertz CT molecular complexity index is 579. The van der Waals surface area contributed by atoms with Gasteiger partial charge in [-0.2, -0.15) is 0 Å². The van der Waals surface area contributed by atoms with Crippen LogP contribution in [0.25, 0.3) is 0 Å². The van der Waals surface area contributed by atoms with Crippen molar-refractivity contribution in [3.05, 3.63) is 52.0 Å². The molecule has 0 spiro atoms. The van der Waals surface area contributed by atoms with Crippen molar-refractivity contribution in [2.24, 2.45) is 5.84 Å². The number of aromatic nitrogens is 2. The predicted octanol–water partition coefficient (Wildman–Crippen LogP) is 1.61. The van der Waals surface area contributed by atoms with Gasteiger partial charge in [0.05, 0.1) is 0 Å². The van der Waals surface area contributed by atoms with E-state index >= 15 is 0 Å². The van der Waals surface area contributed by atoms with Crippen LogP contribution in [0.5, 0.6) is 0 Å². The summed E-state index contributed by atoms with van der Waals surface area (Å²) in [7, 11) is 0. The van der Waals surface area contributed by atoms with Crippen molar-refractivity contribution in [2.45, 2.75) is 13.5 Å². The number of halogens is 1. The van der Waals surface area contributed by atoms with E-state index in [2.05, 4.69) is 26.3 Å². The van der Waals surface area contributed by atoms with Crippen molar-refractivity contribution in [1.82, 2.24) is 15.0 Å². The fraction of sp³-hybridized carbons (Fsp3) is 0.167. The number of hydrogen-bond acceptors (Lipinski definition) is 3. The summed E-state index contributed by atoms with van der Waals surface area (Å²) in [5, 5.41) is 0. The number of hydrazine groups is 1. The predicted molar refractivity (Wildman–Crippen MR) is 71.9 cm³/mol. The van der Waals surface area contributed by atoms with Crippen LogP contribution >= 0.6 is 15.9 Å². The Morgan fingerprint density at radius 2 is 2.33 bits per heavy atom. The number of nitrogens with zero attached hydrogens (tertiary/aromatic N) is 2. The molecular weight excluding hydrogens is 296 g/mol. The van der Waals surface area contributed by atoms with Gasteiger partial charge in [0.1, 0.15) is 5.82 Å². The topological polar surface area (TPSA) is 72.9 Å². The van der Waals surface area contributed by atoms with E-state index in [-0.39, 0.29) is 5.91 Å². The van der Waals surface area contributed by atoms with Gasteiger partial charge in [-0.3, -0.25) is 10.2 Å². The molecule has 1 aromatic carbocycles. The van der Waals surface area contributed by atoms with Gasteiger partial charge < -0.3 is 4.57 Å². The Balaban J connectivity index is 2.25. The van der Waals surface area contributed by atoms with Crippen molar-refractivity contribution < 1.29 is 4.79 Å². The zero-order chi connectivity index (χ0) is 13.1. The van der Waals surface area contributed by atoms with Gasteiger partial charge in [-0.25, -0.2) is 10.8 Å². The molecule has 0 unspecified atom stereocenters. The zero-order valence-corrected chi connectivity index (χ0v) is 11.4. The van der Waals surface area contributed by atoms with Crippen LogP contribution in [-0.2, 0) is 6.54 Å². The molecule has 18 heavy (non-hydrogen) atoms. The summed E-state index contributed by atoms with van der Waals surface area (Å²) in [5.74, 6) is 5.74. The lowest BCUT2D eigenvalue weighted by atomic mass is 10.1. The molecule has 0 aliphatic heterocycles. The molecule has 0 atom stereocenters. The molecule has 0 aliphatic rings. The Morgan fingerprint density at radius 1 is 1.56 bits per heavy atom. The molecule has 94 valence electrons. The molecule has 0 saturated carbocycles. The standard InChI is InChI=1S/C12H13BrN4O/c1-8-15-4-5-17(8)7-10-3-2-9(6-11(10)13)12(18)16-14/h2-6H,7,14H2,1H3,(H,16,18). The van der Waals surface area contributed by atoms with E-state index in [1.165, 1.54) is 0 Å². The lowest BCUT2D eigenvalue weighted by Gasteiger charge is -2.09. The minimum absolute atomic E-state index is 0.305. The first kappa shape index (κ1) is 12.8. The number of rotatable bonds is 3. The summed E-state index contributed by atoms with van der Waals surface area (Å²) in [6.45, 7) is 2.65. The lowest BCUT2D eigenvalue weighted by Crippen LogP contribution is -2.29. The SMILES string of the molecule is Cc1nccn1Cc1ccc(C(=O)NN)cc1Br. The molecule has 0 radical (unpaired) electrons. The highest BCUT2D eigenvalue weighted by molar-refractivity contribution is 9.10. The molecule has 2 aromatic rings. The molecule has 0 saturated heterocycles. The van der Waals surface area contributed by atoms with Crippen LogP contribution in [0.1, 0.15) is 21.7 Å². The van der Waals surface area contributed by atoms with Crippen LogP contribution in [0.15, 0.2) is 35.1 Å². The number of hydrogen-bond donors (Lipinski definition) is 2. The van der Waals surface area contributed by atoms with E-state index in [4.69, 9.17) is 5.84 Å². The molecule has 0 aliphatic carbocycles. The van der Waals surface area contributed by atoms with Crippen molar-refractivity contribution in [2.75, 3.05) is 0 Å². The van der Waals surface area contributed by atoms with Gasteiger partial charge in [0, 0.05) is 29.0 Å². The smallest absolute Gasteiger partial charge is 0.265 e. The summed E-state index contributed by atoms with van der Waals surface area (Å²) >= 11 is 3.46. The fourth-order valence-corrected chi connectivity index (χ4v) is 2.16.